The maximum Gasteiger partial charge on any atom is 0.251 e. The summed E-state index contributed by atoms with van der Waals surface area (Å²) in [6.07, 6.45) is 1.68. The molecule has 0 fully saturated rings. The zero-order valence-electron chi connectivity index (χ0n) is 17.3. The largest absolute Gasteiger partial charge is 0.381 e. The van der Waals surface area contributed by atoms with Crippen LogP contribution in [0.4, 0.5) is 5.69 Å². The first-order chi connectivity index (χ1) is 14.6. The monoisotopic (exact) mass is 421 g/mol. The van der Waals surface area contributed by atoms with Gasteiger partial charge in [0.15, 0.2) is 10.8 Å². The summed E-state index contributed by atoms with van der Waals surface area (Å²) >= 11 is 1.43. The highest BCUT2D eigenvalue weighted by Crippen LogP contribution is 2.17. The maximum atomic E-state index is 12.7. The molecule has 1 amide bonds. The van der Waals surface area contributed by atoms with E-state index in [2.05, 4.69) is 46.2 Å². The second-order valence-corrected chi connectivity index (χ2v) is 7.69. The van der Waals surface area contributed by atoms with Gasteiger partial charge in [-0.2, -0.15) is 0 Å². The summed E-state index contributed by atoms with van der Waals surface area (Å²) < 4.78 is 0. The number of hydrogen-bond donors (Lipinski definition) is 2. The van der Waals surface area contributed by atoms with E-state index in [1.165, 1.54) is 16.9 Å². The molecule has 0 aliphatic heterocycles. The molecule has 1 aromatic heterocycles. The first-order valence-corrected chi connectivity index (χ1v) is 10.9. The van der Waals surface area contributed by atoms with Crippen molar-refractivity contribution in [1.29, 1.82) is 0 Å². The molecule has 0 spiro atoms. The molecule has 3 aromatic rings. The molecule has 7 heteroatoms. The van der Waals surface area contributed by atoms with Crippen LogP contribution < -0.4 is 11.1 Å². The summed E-state index contributed by atoms with van der Waals surface area (Å²) in [5.41, 5.74) is 9.53. The third-order valence-corrected chi connectivity index (χ3v) is 5.65. The molecule has 3 rings (SSSR count). The third kappa shape index (κ3) is 5.75. The number of amidine groups is 1. The molecule has 3 N–H and O–H groups in total. The quantitative estimate of drug-likeness (QED) is 0.405. The van der Waals surface area contributed by atoms with Crippen molar-refractivity contribution in [3.63, 3.8) is 0 Å². The predicted octanol–water partition coefficient (Wildman–Crippen LogP) is 3.95. The summed E-state index contributed by atoms with van der Waals surface area (Å²) in [6.45, 7) is 7.66. The Morgan fingerprint density at radius 2 is 1.90 bits per heavy atom. The lowest BCUT2D eigenvalue weighted by Gasteiger charge is -2.20. The van der Waals surface area contributed by atoms with E-state index in [1.54, 1.807) is 24.4 Å². The summed E-state index contributed by atoms with van der Waals surface area (Å²) in [6, 6.07) is 15.4. The number of amides is 1. The van der Waals surface area contributed by atoms with Gasteiger partial charge in [0.05, 0.1) is 5.69 Å². The number of aliphatic imine (C=N–C) groups is 1. The van der Waals surface area contributed by atoms with E-state index in [0.717, 1.165) is 25.2 Å². The van der Waals surface area contributed by atoms with Crippen LogP contribution in [-0.4, -0.2) is 34.7 Å². The molecule has 0 bridgehead atoms. The fraction of sp³-hybridized carbons (Fsp3) is 0.261. The third-order valence-electron chi connectivity index (χ3n) is 4.86. The molecule has 0 aliphatic rings. The number of thiazole rings is 1. The zero-order valence-corrected chi connectivity index (χ0v) is 18.2. The van der Waals surface area contributed by atoms with Gasteiger partial charge in [-0.05, 0) is 42.4 Å². The van der Waals surface area contributed by atoms with Gasteiger partial charge in [0.25, 0.3) is 5.91 Å². The van der Waals surface area contributed by atoms with E-state index >= 15 is 0 Å². The van der Waals surface area contributed by atoms with E-state index in [0.29, 0.717) is 28.6 Å². The van der Waals surface area contributed by atoms with Gasteiger partial charge in [0, 0.05) is 30.2 Å². The van der Waals surface area contributed by atoms with Crippen molar-refractivity contribution in [3.05, 3.63) is 81.8 Å². The van der Waals surface area contributed by atoms with Crippen molar-refractivity contribution in [2.24, 2.45) is 10.7 Å². The van der Waals surface area contributed by atoms with Gasteiger partial charge >= 0.3 is 0 Å². The summed E-state index contributed by atoms with van der Waals surface area (Å²) in [5, 5.41) is 5.53. The van der Waals surface area contributed by atoms with Gasteiger partial charge in [-0.1, -0.05) is 44.2 Å². The van der Waals surface area contributed by atoms with E-state index in [-0.39, 0.29) is 5.91 Å². The van der Waals surface area contributed by atoms with Crippen LogP contribution in [0.15, 0.2) is 65.1 Å². The predicted molar refractivity (Wildman–Crippen MR) is 123 cm³/mol. The topological polar surface area (TPSA) is 83.6 Å². The van der Waals surface area contributed by atoms with Crippen LogP contribution in [0.3, 0.4) is 0 Å². The number of aromatic nitrogens is 1. The van der Waals surface area contributed by atoms with Crippen molar-refractivity contribution >= 4 is 28.8 Å². The summed E-state index contributed by atoms with van der Waals surface area (Å²) in [4.78, 5) is 23.6. The van der Waals surface area contributed by atoms with Crippen LogP contribution in [0.5, 0.6) is 0 Å². The Hall–Kier alpha value is -3.03. The highest BCUT2D eigenvalue weighted by atomic mass is 32.1. The first kappa shape index (κ1) is 21.7. The fourth-order valence-electron chi connectivity index (χ4n) is 3.10. The lowest BCUT2D eigenvalue weighted by molar-refractivity contribution is 0.0950. The number of nitrogens with two attached hydrogens (primary N) is 1. The Morgan fingerprint density at radius 3 is 2.60 bits per heavy atom. The molecule has 1 heterocycles. The normalized spacial score (nSPS) is 11.6. The molecule has 0 atom stereocenters. The number of nitrogens with zero attached hydrogens (tertiary/aromatic N) is 3. The molecule has 0 saturated heterocycles. The molecular weight excluding hydrogens is 394 g/mol. The zero-order chi connectivity index (χ0) is 21.3. The highest BCUT2D eigenvalue weighted by molar-refractivity contribution is 7.11. The van der Waals surface area contributed by atoms with E-state index in [9.17, 15) is 4.79 Å². The Kier molecular flexibility index (Phi) is 7.70. The fourth-order valence-corrected chi connectivity index (χ4v) is 3.64. The van der Waals surface area contributed by atoms with Gasteiger partial charge in [0.2, 0.25) is 0 Å². The minimum absolute atomic E-state index is 0.141. The molecule has 0 aliphatic carbocycles. The Bertz CT molecular complexity index is 996. The number of carbonyl (C=O) groups excluding carboxylic acids is 1. The van der Waals surface area contributed by atoms with E-state index in [4.69, 9.17) is 5.73 Å². The number of nitrogens with one attached hydrogen (secondary N) is 1. The van der Waals surface area contributed by atoms with Gasteiger partial charge in [-0.15, -0.1) is 11.3 Å². The van der Waals surface area contributed by atoms with Crippen molar-refractivity contribution in [1.82, 2.24) is 15.2 Å². The van der Waals surface area contributed by atoms with E-state index in [1.807, 2.05) is 23.6 Å². The maximum absolute atomic E-state index is 12.7. The lowest BCUT2D eigenvalue weighted by Crippen LogP contribution is -2.26. The van der Waals surface area contributed by atoms with Crippen molar-refractivity contribution in [2.45, 2.75) is 26.9 Å². The smallest absolute Gasteiger partial charge is 0.251 e. The Balaban J connectivity index is 1.68. The standard InChI is InChI=1S/C23H27N5OS/c1-3-28(4-2)16-19-9-6-5-8-18(19)15-26-22(29)17-10-7-11-20(14-17)27-21(24)23-25-12-13-30-23/h5-14H,3-4,15-16H2,1-2H3,(H2,24,27)(H,26,29). The van der Waals surface area contributed by atoms with Crippen LogP contribution in [0.2, 0.25) is 0 Å². The summed E-state index contributed by atoms with van der Waals surface area (Å²) in [7, 11) is 0. The lowest BCUT2D eigenvalue weighted by atomic mass is 10.1. The average Bonchev–Trinajstić information content (AvgIpc) is 3.32. The SMILES string of the molecule is CCN(CC)Cc1ccccc1CNC(=O)c1cccc(N=C(N)c2nccs2)c1. The minimum atomic E-state index is -0.141. The molecule has 6 nitrogen and oxygen atoms in total. The van der Waals surface area contributed by atoms with Crippen molar-refractivity contribution < 1.29 is 4.79 Å². The molecule has 0 saturated carbocycles. The van der Waals surface area contributed by atoms with E-state index < -0.39 is 0 Å². The number of benzene rings is 2. The molecule has 156 valence electrons. The average molecular weight is 422 g/mol. The van der Waals surface area contributed by atoms with Gasteiger partial charge in [-0.25, -0.2) is 9.98 Å². The number of carbonyl (C=O) groups is 1. The molecule has 0 unspecified atom stereocenters. The number of hydrogen-bond acceptors (Lipinski definition) is 5. The van der Waals surface area contributed by atoms with Crippen LogP contribution in [0, 0.1) is 0 Å². The van der Waals surface area contributed by atoms with Crippen LogP contribution in [0.25, 0.3) is 0 Å². The molecule has 30 heavy (non-hydrogen) atoms. The molecule has 2 aromatic carbocycles. The van der Waals surface area contributed by atoms with Gasteiger partial charge in [-0.3, -0.25) is 9.69 Å². The molecular formula is C23H27N5OS. The van der Waals surface area contributed by atoms with Crippen molar-refractivity contribution in [2.75, 3.05) is 13.1 Å². The second-order valence-electron chi connectivity index (χ2n) is 6.80. The number of rotatable bonds is 9. The Labute approximate surface area is 181 Å². The Morgan fingerprint density at radius 1 is 1.13 bits per heavy atom. The highest BCUT2D eigenvalue weighted by Gasteiger charge is 2.10. The molecule has 0 radical (unpaired) electrons. The van der Waals surface area contributed by atoms with Gasteiger partial charge in [0.1, 0.15) is 0 Å². The second kappa shape index (κ2) is 10.7. The van der Waals surface area contributed by atoms with Crippen LogP contribution in [-0.2, 0) is 13.1 Å². The van der Waals surface area contributed by atoms with Crippen LogP contribution >= 0.6 is 11.3 Å². The van der Waals surface area contributed by atoms with Gasteiger partial charge < -0.3 is 11.1 Å². The first-order valence-electron chi connectivity index (χ1n) is 10.0. The minimum Gasteiger partial charge on any atom is -0.381 e. The van der Waals surface area contributed by atoms with Crippen LogP contribution in [0.1, 0.15) is 40.3 Å². The summed E-state index contributed by atoms with van der Waals surface area (Å²) in [5.74, 6) is 0.199. The van der Waals surface area contributed by atoms with Crippen molar-refractivity contribution in [3.8, 4) is 0 Å².